The molecule has 0 unspecified atom stereocenters. The molecule has 228 valence electrons. The second kappa shape index (κ2) is 9.96. The number of fused-ring (bicyclic) bond motifs is 6. The number of rotatable bonds is 4. The molecule has 1 aliphatic carbocycles. The quantitative estimate of drug-likeness (QED) is 0.194. The van der Waals surface area contributed by atoms with Gasteiger partial charge in [0.1, 0.15) is 11.2 Å². The van der Waals surface area contributed by atoms with Gasteiger partial charge in [-0.3, -0.25) is 0 Å². The monoisotopic (exact) mass is 624 g/mol. The summed E-state index contributed by atoms with van der Waals surface area (Å²) in [5, 5.41) is 7.45. The first-order valence-corrected chi connectivity index (χ1v) is 16.8. The number of furan rings is 1. The van der Waals surface area contributed by atoms with Crippen LogP contribution in [-0.4, -0.2) is 4.57 Å². The molecule has 11 rings (SSSR count). The Balaban J connectivity index is 1.15. The van der Waals surface area contributed by atoms with E-state index in [1.807, 2.05) is 12.1 Å². The van der Waals surface area contributed by atoms with Gasteiger partial charge in [-0.1, -0.05) is 103 Å². The second-order valence-corrected chi connectivity index (χ2v) is 12.9. The third-order valence-corrected chi connectivity index (χ3v) is 10.3. The van der Waals surface area contributed by atoms with Crippen molar-refractivity contribution in [3.05, 3.63) is 170 Å². The fraction of sp³-hybridized carbons (Fsp3) is 0. The lowest BCUT2D eigenvalue weighted by Gasteiger charge is -2.26. The summed E-state index contributed by atoms with van der Waals surface area (Å²) in [5.41, 5.74) is 13.8. The molecule has 0 spiro atoms. The van der Waals surface area contributed by atoms with E-state index in [0.717, 1.165) is 44.7 Å². The second-order valence-electron chi connectivity index (χ2n) is 12.9. The summed E-state index contributed by atoms with van der Waals surface area (Å²) in [6.07, 6.45) is 0. The average molecular weight is 625 g/mol. The summed E-state index contributed by atoms with van der Waals surface area (Å²) in [6, 6.07) is 61.2. The highest BCUT2D eigenvalue weighted by atomic mass is 16.3. The largest absolute Gasteiger partial charge is 0.456 e. The molecule has 0 amide bonds. The van der Waals surface area contributed by atoms with Crippen LogP contribution in [-0.2, 0) is 0 Å². The van der Waals surface area contributed by atoms with Crippen LogP contribution < -0.4 is 4.90 Å². The SMILES string of the molecule is c1ccc(N(c2ccc(-n3c4cccc5c4c4c6c(cccc6ccc43)-c3ccccc3-5)cc2)c2cccc3oc4ccccc4c23)cc1. The predicted octanol–water partition coefficient (Wildman–Crippen LogP) is 13.0. The van der Waals surface area contributed by atoms with Crippen LogP contribution in [0.1, 0.15) is 0 Å². The van der Waals surface area contributed by atoms with Crippen molar-refractivity contribution in [1.82, 2.24) is 4.57 Å². The normalized spacial score (nSPS) is 12.1. The highest BCUT2D eigenvalue weighted by molar-refractivity contribution is 6.30. The van der Waals surface area contributed by atoms with Crippen molar-refractivity contribution in [2.45, 2.75) is 0 Å². The van der Waals surface area contributed by atoms with E-state index in [1.54, 1.807) is 0 Å². The van der Waals surface area contributed by atoms with E-state index in [2.05, 4.69) is 167 Å². The van der Waals surface area contributed by atoms with Gasteiger partial charge in [0.15, 0.2) is 0 Å². The van der Waals surface area contributed by atoms with Crippen molar-refractivity contribution >= 4 is 71.6 Å². The fourth-order valence-electron chi connectivity index (χ4n) is 8.30. The van der Waals surface area contributed by atoms with Crippen LogP contribution in [0, 0.1) is 0 Å². The van der Waals surface area contributed by atoms with Crippen LogP contribution in [0.5, 0.6) is 0 Å². The molecule has 8 aromatic carbocycles. The molecule has 10 aromatic rings. The van der Waals surface area contributed by atoms with Crippen LogP contribution >= 0.6 is 0 Å². The molecule has 49 heavy (non-hydrogen) atoms. The third-order valence-electron chi connectivity index (χ3n) is 10.3. The standard InChI is InChI=1S/C46H28N2O/c1-2-12-30(13-3-1)47(38-20-10-22-42-44(38)37-16-6-7-21-41(37)49-42)31-24-26-32(27-25-31)48-39-19-9-18-36-34-15-5-4-14-33(34)35-17-8-11-29-23-28-40(48)46(43(29)35)45(36)39/h1-28H. The van der Waals surface area contributed by atoms with Gasteiger partial charge < -0.3 is 13.9 Å². The molecular weight excluding hydrogens is 597 g/mol. The van der Waals surface area contributed by atoms with E-state index in [-0.39, 0.29) is 0 Å². The van der Waals surface area contributed by atoms with Crippen LogP contribution in [0.3, 0.4) is 0 Å². The maximum Gasteiger partial charge on any atom is 0.137 e. The first kappa shape index (κ1) is 26.5. The smallest absolute Gasteiger partial charge is 0.137 e. The van der Waals surface area contributed by atoms with E-state index in [1.165, 1.54) is 54.8 Å². The number of benzene rings is 8. The zero-order valence-electron chi connectivity index (χ0n) is 26.5. The number of hydrogen-bond donors (Lipinski definition) is 0. The van der Waals surface area contributed by atoms with Gasteiger partial charge in [-0.25, -0.2) is 0 Å². The molecule has 0 N–H and O–H groups in total. The molecule has 2 aromatic heterocycles. The van der Waals surface area contributed by atoms with Gasteiger partial charge in [-0.05, 0) is 99.8 Å². The molecule has 0 fully saturated rings. The Kier molecular flexibility index (Phi) is 5.38. The minimum atomic E-state index is 0.881. The summed E-state index contributed by atoms with van der Waals surface area (Å²) in [5.74, 6) is 0. The van der Waals surface area contributed by atoms with E-state index in [0.29, 0.717) is 0 Å². The van der Waals surface area contributed by atoms with Gasteiger partial charge in [0.25, 0.3) is 0 Å². The van der Waals surface area contributed by atoms with Crippen molar-refractivity contribution in [2.75, 3.05) is 4.90 Å². The van der Waals surface area contributed by atoms with E-state index in [9.17, 15) is 0 Å². The Morgan fingerprint density at radius 1 is 0.388 bits per heavy atom. The summed E-state index contributed by atoms with van der Waals surface area (Å²) >= 11 is 0. The van der Waals surface area contributed by atoms with Crippen LogP contribution in [0.4, 0.5) is 17.1 Å². The van der Waals surface area contributed by atoms with Gasteiger partial charge in [0, 0.05) is 33.2 Å². The summed E-state index contributed by atoms with van der Waals surface area (Å²) in [7, 11) is 0. The molecule has 0 bridgehead atoms. The van der Waals surface area contributed by atoms with Crippen LogP contribution in [0.25, 0.3) is 82.5 Å². The fourth-order valence-corrected chi connectivity index (χ4v) is 8.30. The maximum atomic E-state index is 6.31. The number of aromatic nitrogens is 1. The third kappa shape index (κ3) is 3.67. The molecule has 1 aliphatic rings. The number of anilines is 3. The number of nitrogens with zero attached hydrogens (tertiary/aromatic N) is 2. The Morgan fingerprint density at radius 2 is 1.02 bits per heavy atom. The number of hydrogen-bond acceptors (Lipinski definition) is 2. The van der Waals surface area contributed by atoms with Gasteiger partial charge in [0.05, 0.1) is 22.1 Å². The Labute approximate surface area is 282 Å². The molecular formula is C46H28N2O. The van der Waals surface area contributed by atoms with Crippen molar-refractivity contribution in [3.8, 4) is 27.9 Å². The molecule has 2 heterocycles. The highest BCUT2D eigenvalue weighted by Crippen LogP contribution is 2.50. The zero-order chi connectivity index (χ0) is 32.1. The summed E-state index contributed by atoms with van der Waals surface area (Å²) < 4.78 is 8.75. The lowest BCUT2D eigenvalue weighted by atomic mass is 9.93. The van der Waals surface area contributed by atoms with Crippen molar-refractivity contribution in [1.29, 1.82) is 0 Å². The molecule has 0 saturated carbocycles. The van der Waals surface area contributed by atoms with E-state index < -0.39 is 0 Å². The molecule has 0 radical (unpaired) electrons. The van der Waals surface area contributed by atoms with Crippen LogP contribution in [0.2, 0.25) is 0 Å². The average Bonchev–Trinajstić information content (AvgIpc) is 3.68. The van der Waals surface area contributed by atoms with Crippen LogP contribution in [0.15, 0.2) is 174 Å². The van der Waals surface area contributed by atoms with Gasteiger partial charge in [-0.15, -0.1) is 0 Å². The van der Waals surface area contributed by atoms with Gasteiger partial charge in [-0.2, -0.15) is 0 Å². The Hall–Kier alpha value is -6.58. The highest BCUT2D eigenvalue weighted by Gasteiger charge is 2.25. The number of para-hydroxylation sites is 2. The van der Waals surface area contributed by atoms with Gasteiger partial charge >= 0.3 is 0 Å². The maximum absolute atomic E-state index is 6.31. The molecule has 0 aliphatic heterocycles. The first-order chi connectivity index (χ1) is 24.3. The molecule has 0 atom stereocenters. The van der Waals surface area contributed by atoms with E-state index in [4.69, 9.17) is 4.42 Å². The van der Waals surface area contributed by atoms with Crippen molar-refractivity contribution in [2.24, 2.45) is 0 Å². The van der Waals surface area contributed by atoms with E-state index >= 15 is 0 Å². The minimum absolute atomic E-state index is 0.881. The topological polar surface area (TPSA) is 21.3 Å². The molecule has 0 saturated heterocycles. The summed E-state index contributed by atoms with van der Waals surface area (Å²) in [6.45, 7) is 0. The summed E-state index contributed by atoms with van der Waals surface area (Å²) in [4.78, 5) is 2.34. The first-order valence-electron chi connectivity index (χ1n) is 16.8. The molecule has 3 nitrogen and oxygen atoms in total. The zero-order valence-corrected chi connectivity index (χ0v) is 26.5. The van der Waals surface area contributed by atoms with Crippen molar-refractivity contribution in [3.63, 3.8) is 0 Å². The Bertz CT molecular complexity index is 2930. The molecule has 3 heteroatoms. The van der Waals surface area contributed by atoms with Crippen molar-refractivity contribution < 1.29 is 4.42 Å². The minimum Gasteiger partial charge on any atom is -0.456 e. The van der Waals surface area contributed by atoms with Gasteiger partial charge in [0.2, 0.25) is 0 Å². The predicted molar refractivity (Wildman–Crippen MR) is 205 cm³/mol. The Morgan fingerprint density at radius 3 is 1.86 bits per heavy atom. The lowest BCUT2D eigenvalue weighted by Crippen LogP contribution is -2.10. The lowest BCUT2D eigenvalue weighted by molar-refractivity contribution is 0.669.